The van der Waals surface area contributed by atoms with E-state index < -0.39 is 14.9 Å². The fourth-order valence-electron chi connectivity index (χ4n) is 2.56. The van der Waals surface area contributed by atoms with E-state index in [1.165, 1.54) is 24.3 Å². The summed E-state index contributed by atoms with van der Waals surface area (Å²) in [6.07, 6.45) is 5.87. The Balaban J connectivity index is 1.93. The minimum absolute atomic E-state index is 0.0450. The Kier molecular flexibility index (Phi) is 5.62. The largest absolute Gasteiger partial charge is 0.612 e. The van der Waals surface area contributed by atoms with Gasteiger partial charge in [0.15, 0.2) is 0 Å². The molecular formula is C20H18N3O4S-. The zero-order chi connectivity index (χ0) is 20.1. The van der Waals surface area contributed by atoms with Crippen LogP contribution in [0, 0.1) is 17.3 Å². The number of nitrogens with one attached hydrogen (secondary N) is 2. The molecule has 0 spiro atoms. The summed E-state index contributed by atoms with van der Waals surface area (Å²) >= 11 is 0. The highest BCUT2D eigenvalue weighted by Gasteiger charge is 2.16. The van der Waals surface area contributed by atoms with Crippen LogP contribution >= 0.6 is 0 Å². The van der Waals surface area contributed by atoms with E-state index in [4.69, 9.17) is 0 Å². The number of hydrogen-bond acceptors (Lipinski definition) is 5. The van der Waals surface area contributed by atoms with Crippen LogP contribution in [0.5, 0.6) is 0 Å². The van der Waals surface area contributed by atoms with Crippen molar-refractivity contribution in [3.05, 3.63) is 106 Å². The highest BCUT2D eigenvalue weighted by Crippen LogP contribution is 2.20. The van der Waals surface area contributed by atoms with Gasteiger partial charge in [-0.3, -0.25) is 0 Å². The predicted molar refractivity (Wildman–Crippen MR) is 108 cm³/mol. The van der Waals surface area contributed by atoms with Crippen molar-refractivity contribution in [1.29, 1.82) is 0 Å². The first-order valence-corrected chi connectivity index (χ1v) is 9.87. The van der Waals surface area contributed by atoms with Gasteiger partial charge in [0.25, 0.3) is 10.0 Å². The monoisotopic (exact) mass is 396 g/mol. The number of aryl methyl sites for hydroxylation is 1. The summed E-state index contributed by atoms with van der Waals surface area (Å²) in [5.41, 5.74) is 5.47. The lowest BCUT2D eigenvalue weighted by Crippen LogP contribution is -2.36. The number of nitrogens with zero attached hydrogens (tertiary/aromatic N) is 1. The van der Waals surface area contributed by atoms with Crippen LogP contribution < -0.4 is 10.3 Å². The number of benzene rings is 2. The van der Waals surface area contributed by atoms with Gasteiger partial charge in [0, 0.05) is 17.7 Å². The molecule has 7 nitrogen and oxygen atoms in total. The Bertz CT molecular complexity index is 1060. The quantitative estimate of drug-likeness (QED) is 0.597. The maximum Gasteiger partial charge on any atom is 0.257 e. The molecule has 0 saturated heterocycles. The molecule has 1 aliphatic carbocycles. The topological polar surface area (TPSA) is 107 Å². The molecule has 0 amide bonds. The molecule has 0 aliphatic heterocycles. The molecule has 0 fully saturated rings. The van der Waals surface area contributed by atoms with Crippen LogP contribution in [-0.4, -0.2) is 19.0 Å². The van der Waals surface area contributed by atoms with Gasteiger partial charge in [-0.1, -0.05) is 48.0 Å². The van der Waals surface area contributed by atoms with Crippen molar-refractivity contribution in [2.75, 3.05) is 0 Å². The van der Waals surface area contributed by atoms with E-state index in [0.29, 0.717) is 11.3 Å². The summed E-state index contributed by atoms with van der Waals surface area (Å²) in [6, 6.07) is 15.6. The average Bonchev–Trinajstić information content (AvgIpc) is 2.69. The molecule has 0 unspecified atom stereocenters. The predicted octanol–water partition coefficient (Wildman–Crippen LogP) is 2.76. The van der Waals surface area contributed by atoms with Gasteiger partial charge in [0.2, 0.25) is 5.71 Å². The first kappa shape index (κ1) is 19.4. The average molecular weight is 396 g/mol. The minimum atomic E-state index is -3.80. The van der Waals surface area contributed by atoms with Crippen LogP contribution in [0.3, 0.4) is 0 Å². The molecule has 2 N–H and O–H groups in total. The Morgan fingerprint density at radius 1 is 0.893 bits per heavy atom. The molecule has 0 saturated carbocycles. The molecule has 0 atom stereocenters. The summed E-state index contributed by atoms with van der Waals surface area (Å²) in [7, 11) is -3.80. The number of hydrogen-bond donors (Lipinski definition) is 2. The van der Waals surface area contributed by atoms with Crippen molar-refractivity contribution in [3.8, 4) is 0 Å². The summed E-state index contributed by atoms with van der Waals surface area (Å²) < 4.78 is 25.2. The van der Waals surface area contributed by atoms with Gasteiger partial charge in [0.1, 0.15) is 0 Å². The Morgan fingerprint density at radius 2 is 1.50 bits per heavy atom. The van der Waals surface area contributed by atoms with Gasteiger partial charge in [-0.25, -0.2) is 8.42 Å². The lowest BCUT2D eigenvalue weighted by molar-refractivity contribution is -0.377. The SMILES string of the molecule is Cc1ccc(S(=O)(=O)NNC(=C2C=CC(=[N+]([O-])[O-])C=C2)c2ccccc2)cc1. The second-order valence-electron chi connectivity index (χ2n) is 6.09. The first-order chi connectivity index (χ1) is 13.4. The van der Waals surface area contributed by atoms with Crippen molar-refractivity contribution in [3.63, 3.8) is 0 Å². The van der Waals surface area contributed by atoms with Gasteiger partial charge in [-0.05, 0) is 36.8 Å². The third-order valence-corrected chi connectivity index (χ3v) is 5.33. The molecule has 2 aromatic carbocycles. The standard InChI is InChI=1S/C20H18N3O4S/c1-15-7-13-19(14-8-15)28(26,27)22-21-20(16-5-3-2-4-6-16)17-9-11-18(12-10-17)23(24)25/h2-14,21-22H,1H3/q-1. The third-order valence-electron chi connectivity index (χ3n) is 4.07. The number of sulfonamides is 1. The van der Waals surface area contributed by atoms with Crippen molar-refractivity contribution in [2.45, 2.75) is 11.8 Å². The molecule has 8 heteroatoms. The van der Waals surface area contributed by atoms with Crippen LogP contribution in [0.1, 0.15) is 11.1 Å². The van der Waals surface area contributed by atoms with Gasteiger partial charge in [-0.2, -0.15) is 4.90 Å². The minimum Gasteiger partial charge on any atom is -0.612 e. The maximum atomic E-state index is 12.6. The van der Waals surface area contributed by atoms with Crippen molar-refractivity contribution in [1.82, 2.24) is 10.3 Å². The highest BCUT2D eigenvalue weighted by molar-refractivity contribution is 7.89. The lowest BCUT2D eigenvalue weighted by Gasteiger charge is -2.17. The molecule has 3 rings (SSSR count). The van der Waals surface area contributed by atoms with E-state index in [9.17, 15) is 18.8 Å². The summed E-state index contributed by atoms with van der Waals surface area (Å²) in [5, 5.41) is 21.8. The van der Waals surface area contributed by atoms with E-state index in [1.54, 1.807) is 24.3 Å². The van der Waals surface area contributed by atoms with Crippen LogP contribution in [-0.2, 0) is 10.0 Å². The molecule has 28 heavy (non-hydrogen) atoms. The molecule has 2 aromatic rings. The molecule has 144 valence electrons. The summed E-state index contributed by atoms with van der Waals surface area (Å²) in [4.78, 5) is 2.02. The second-order valence-corrected chi connectivity index (χ2v) is 7.77. The van der Waals surface area contributed by atoms with Crippen molar-refractivity contribution < 1.29 is 13.3 Å². The fourth-order valence-corrected chi connectivity index (χ4v) is 3.41. The molecule has 1 aliphatic rings. The van der Waals surface area contributed by atoms with Crippen LogP contribution in [0.4, 0.5) is 0 Å². The fraction of sp³-hybridized carbons (Fsp3) is 0.0500. The van der Waals surface area contributed by atoms with Gasteiger partial charge in [-0.15, -0.1) is 4.83 Å². The normalized spacial score (nSPS) is 13.5. The number of rotatable bonds is 5. The van der Waals surface area contributed by atoms with Crippen LogP contribution in [0.2, 0.25) is 0 Å². The number of allylic oxidation sites excluding steroid dienone is 5. The maximum absolute atomic E-state index is 12.6. The summed E-state index contributed by atoms with van der Waals surface area (Å²) in [6.45, 7) is 1.87. The molecule has 0 aromatic heterocycles. The van der Waals surface area contributed by atoms with Crippen LogP contribution in [0.15, 0.2) is 89.4 Å². The number of hydrazine groups is 1. The molecule has 0 radical (unpaired) electrons. The lowest BCUT2D eigenvalue weighted by atomic mass is 10.0. The molecular weight excluding hydrogens is 378 g/mol. The van der Waals surface area contributed by atoms with E-state index in [1.807, 2.05) is 37.3 Å². The van der Waals surface area contributed by atoms with Crippen molar-refractivity contribution in [2.24, 2.45) is 0 Å². The van der Waals surface area contributed by atoms with Gasteiger partial charge < -0.3 is 15.8 Å². The van der Waals surface area contributed by atoms with Gasteiger partial charge in [0.05, 0.1) is 10.6 Å². The Labute approximate surface area is 163 Å². The smallest absolute Gasteiger partial charge is 0.257 e. The van der Waals surface area contributed by atoms with E-state index >= 15 is 0 Å². The summed E-state index contributed by atoms with van der Waals surface area (Å²) in [5.74, 6) is 0. The zero-order valence-electron chi connectivity index (χ0n) is 15.0. The second kappa shape index (κ2) is 8.12. The zero-order valence-corrected chi connectivity index (χ0v) is 15.8. The van der Waals surface area contributed by atoms with E-state index in [2.05, 4.69) is 10.3 Å². The Morgan fingerprint density at radius 3 is 2.07 bits per heavy atom. The third kappa shape index (κ3) is 4.48. The molecule has 0 heterocycles. The van der Waals surface area contributed by atoms with Crippen molar-refractivity contribution >= 4 is 21.4 Å². The van der Waals surface area contributed by atoms with Crippen LogP contribution in [0.25, 0.3) is 5.70 Å². The van der Waals surface area contributed by atoms with E-state index in [0.717, 1.165) is 11.1 Å². The first-order valence-electron chi connectivity index (χ1n) is 8.38. The van der Waals surface area contributed by atoms with E-state index in [-0.39, 0.29) is 10.6 Å². The molecule has 0 bridgehead atoms. The Hall–Kier alpha value is -3.36. The van der Waals surface area contributed by atoms with Gasteiger partial charge >= 0.3 is 0 Å². The highest BCUT2D eigenvalue weighted by atomic mass is 32.2.